The van der Waals surface area contributed by atoms with Crippen molar-refractivity contribution >= 4 is 17.3 Å². The molecule has 1 aliphatic heterocycles. The fourth-order valence-electron chi connectivity index (χ4n) is 3.70. The molecule has 172 valence electrons. The number of benzene rings is 2. The molecule has 1 aliphatic rings. The molecule has 1 heterocycles. The summed E-state index contributed by atoms with van der Waals surface area (Å²) >= 11 is 0. The van der Waals surface area contributed by atoms with Gasteiger partial charge in [0.15, 0.2) is 0 Å². The molecular weight excluding hydrogens is 425 g/mol. The van der Waals surface area contributed by atoms with E-state index in [9.17, 15) is 28.1 Å². The first kappa shape index (κ1) is 23.7. The molecule has 0 spiro atoms. The minimum absolute atomic E-state index is 0.0420. The van der Waals surface area contributed by atoms with Gasteiger partial charge >= 0.3 is 6.18 Å². The van der Waals surface area contributed by atoms with Crippen LogP contribution in [0.3, 0.4) is 0 Å². The molecular formula is C22H25F3N4O3. The Morgan fingerprint density at radius 1 is 1.09 bits per heavy atom. The van der Waals surface area contributed by atoms with Gasteiger partial charge in [0.25, 0.3) is 5.69 Å². The second-order valence-electron chi connectivity index (χ2n) is 7.82. The van der Waals surface area contributed by atoms with Gasteiger partial charge < -0.3 is 10.2 Å². The average molecular weight is 450 g/mol. The lowest BCUT2D eigenvalue weighted by Gasteiger charge is -2.34. The molecule has 1 N–H and O–H groups in total. The molecule has 2 aromatic carbocycles. The number of piperazine rings is 1. The highest BCUT2D eigenvalue weighted by atomic mass is 19.4. The summed E-state index contributed by atoms with van der Waals surface area (Å²) in [6, 6.07) is 9.94. The van der Waals surface area contributed by atoms with Gasteiger partial charge in [-0.3, -0.25) is 19.8 Å². The van der Waals surface area contributed by atoms with Crippen LogP contribution >= 0.6 is 0 Å². The van der Waals surface area contributed by atoms with Gasteiger partial charge in [-0.05, 0) is 24.6 Å². The Morgan fingerprint density at radius 3 is 2.41 bits per heavy atom. The standard InChI is InChI=1S/C22H25F3N4O3/c1-16-19(6-3-7-20(16)29(31)32)26-21(30)8-9-27-10-12-28(13-11-27)15-17-4-2-5-18(14-17)22(23,24)25/h2-7,14H,8-13,15H2,1H3,(H,26,30). The van der Waals surface area contributed by atoms with Crippen molar-refractivity contribution in [1.82, 2.24) is 9.80 Å². The molecule has 3 rings (SSSR count). The molecule has 1 fully saturated rings. The lowest BCUT2D eigenvalue weighted by molar-refractivity contribution is -0.385. The fourth-order valence-corrected chi connectivity index (χ4v) is 3.70. The summed E-state index contributed by atoms with van der Waals surface area (Å²) in [6.45, 7) is 5.40. The molecule has 7 nitrogen and oxygen atoms in total. The van der Waals surface area contributed by atoms with Gasteiger partial charge in [0.05, 0.1) is 21.7 Å². The molecule has 32 heavy (non-hydrogen) atoms. The number of alkyl halides is 3. The van der Waals surface area contributed by atoms with E-state index >= 15 is 0 Å². The number of nitro benzene ring substituents is 1. The third-order valence-corrected chi connectivity index (χ3v) is 5.56. The number of anilines is 1. The van der Waals surface area contributed by atoms with Crippen LogP contribution in [-0.4, -0.2) is 53.4 Å². The summed E-state index contributed by atoms with van der Waals surface area (Å²) in [4.78, 5) is 27.1. The van der Waals surface area contributed by atoms with Crippen molar-refractivity contribution in [3.05, 3.63) is 69.3 Å². The summed E-state index contributed by atoms with van der Waals surface area (Å²) < 4.78 is 38.6. The Bertz CT molecular complexity index is 973. The van der Waals surface area contributed by atoms with Crippen molar-refractivity contribution in [2.75, 3.05) is 38.0 Å². The number of nitrogens with one attached hydrogen (secondary N) is 1. The Kier molecular flexibility index (Phi) is 7.47. The van der Waals surface area contributed by atoms with Gasteiger partial charge in [0.1, 0.15) is 0 Å². The van der Waals surface area contributed by atoms with Gasteiger partial charge in [-0.2, -0.15) is 13.2 Å². The minimum atomic E-state index is -4.35. The highest BCUT2D eigenvalue weighted by Crippen LogP contribution is 2.30. The molecule has 0 radical (unpaired) electrons. The number of nitrogens with zero attached hydrogens (tertiary/aromatic N) is 3. The van der Waals surface area contributed by atoms with E-state index in [0.29, 0.717) is 56.1 Å². The van der Waals surface area contributed by atoms with E-state index in [0.717, 1.165) is 6.07 Å². The summed E-state index contributed by atoms with van der Waals surface area (Å²) in [5.74, 6) is -0.222. The van der Waals surface area contributed by atoms with Crippen LogP contribution in [0.15, 0.2) is 42.5 Å². The Morgan fingerprint density at radius 2 is 1.75 bits per heavy atom. The highest BCUT2D eigenvalue weighted by molar-refractivity contribution is 5.92. The zero-order valence-corrected chi connectivity index (χ0v) is 17.7. The van der Waals surface area contributed by atoms with E-state index in [4.69, 9.17) is 0 Å². The Hall–Kier alpha value is -2.98. The van der Waals surface area contributed by atoms with Gasteiger partial charge in [-0.25, -0.2) is 0 Å². The molecule has 0 aromatic heterocycles. The number of carbonyl (C=O) groups excluding carboxylic acids is 1. The predicted octanol–water partition coefficient (Wildman–Crippen LogP) is 4.07. The van der Waals surface area contributed by atoms with Crippen LogP contribution < -0.4 is 5.32 Å². The first-order chi connectivity index (χ1) is 15.1. The van der Waals surface area contributed by atoms with E-state index in [1.807, 2.05) is 0 Å². The Labute approximate surface area is 184 Å². The molecule has 1 amide bonds. The van der Waals surface area contributed by atoms with Crippen molar-refractivity contribution in [3.63, 3.8) is 0 Å². The maximum Gasteiger partial charge on any atom is 0.416 e. The molecule has 0 unspecified atom stereocenters. The summed E-state index contributed by atoms with van der Waals surface area (Å²) in [5, 5.41) is 13.8. The number of carbonyl (C=O) groups is 1. The van der Waals surface area contributed by atoms with Gasteiger partial charge in [-0.15, -0.1) is 0 Å². The van der Waals surface area contributed by atoms with Gasteiger partial charge in [0, 0.05) is 51.8 Å². The van der Waals surface area contributed by atoms with Crippen LogP contribution in [-0.2, 0) is 17.5 Å². The first-order valence-corrected chi connectivity index (χ1v) is 10.3. The second kappa shape index (κ2) is 10.1. The van der Waals surface area contributed by atoms with E-state index in [2.05, 4.69) is 15.1 Å². The van der Waals surface area contributed by atoms with Crippen molar-refractivity contribution in [2.45, 2.75) is 26.1 Å². The number of hydrogen-bond acceptors (Lipinski definition) is 5. The molecule has 10 heteroatoms. The van der Waals surface area contributed by atoms with Crippen molar-refractivity contribution in [2.24, 2.45) is 0 Å². The van der Waals surface area contributed by atoms with Crippen LogP contribution in [0.2, 0.25) is 0 Å². The van der Waals surface area contributed by atoms with Crippen LogP contribution in [0.4, 0.5) is 24.5 Å². The van der Waals surface area contributed by atoms with Crippen molar-refractivity contribution in [3.8, 4) is 0 Å². The highest BCUT2D eigenvalue weighted by Gasteiger charge is 2.30. The number of nitro groups is 1. The average Bonchev–Trinajstić information content (AvgIpc) is 2.74. The number of halogens is 3. The molecule has 0 saturated carbocycles. The molecule has 0 atom stereocenters. The van der Waals surface area contributed by atoms with Crippen LogP contribution in [0, 0.1) is 17.0 Å². The lowest BCUT2D eigenvalue weighted by Crippen LogP contribution is -2.46. The van der Waals surface area contributed by atoms with Crippen LogP contribution in [0.25, 0.3) is 0 Å². The number of amides is 1. The zero-order valence-electron chi connectivity index (χ0n) is 17.7. The summed E-state index contributed by atoms with van der Waals surface area (Å²) in [7, 11) is 0. The maximum absolute atomic E-state index is 12.9. The van der Waals surface area contributed by atoms with E-state index in [1.54, 1.807) is 19.1 Å². The smallest absolute Gasteiger partial charge is 0.326 e. The molecule has 2 aromatic rings. The third-order valence-electron chi connectivity index (χ3n) is 5.56. The van der Waals surface area contributed by atoms with E-state index < -0.39 is 16.7 Å². The maximum atomic E-state index is 12.9. The van der Waals surface area contributed by atoms with E-state index in [-0.39, 0.29) is 18.0 Å². The Balaban J connectivity index is 1.44. The number of rotatable bonds is 7. The lowest BCUT2D eigenvalue weighted by atomic mass is 10.1. The van der Waals surface area contributed by atoms with Crippen LogP contribution in [0.5, 0.6) is 0 Å². The fraction of sp³-hybridized carbons (Fsp3) is 0.409. The summed E-state index contributed by atoms with van der Waals surface area (Å²) in [6.07, 6.45) is -4.10. The minimum Gasteiger partial charge on any atom is -0.326 e. The van der Waals surface area contributed by atoms with Crippen molar-refractivity contribution < 1.29 is 22.9 Å². The molecule has 0 bridgehead atoms. The SMILES string of the molecule is Cc1c(NC(=O)CCN2CCN(Cc3cccc(C(F)(F)F)c3)CC2)cccc1[N+](=O)[O-]. The van der Waals surface area contributed by atoms with Gasteiger partial charge in [0.2, 0.25) is 5.91 Å². The van der Waals surface area contributed by atoms with Crippen molar-refractivity contribution in [1.29, 1.82) is 0 Å². The molecule has 1 saturated heterocycles. The predicted molar refractivity (Wildman–Crippen MR) is 114 cm³/mol. The largest absolute Gasteiger partial charge is 0.416 e. The number of hydrogen-bond donors (Lipinski definition) is 1. The van der Waals surface area contributed by atoms with Crippen LogP contribution in [0.1, 0.15) is 23.1 Å². The second-order valence-corrected chi connectivity index (χ2v) is 7.82. The zero-order chi connectivity index (χ0) is 23.3. The molecule has 0 aliphatic carbocycles. The first-order valence-electron chi connectivity index (χ1n) is 10.3. The van der Waals surface area contributed by atoms with Gasteiger partial charge in [-0.1, -0.05) is 24.3 Å². The topological polar surface area (TPSA) is 78.7 Å². The normalized spacial score (nSPS) is 15.5. The summed E-state index contributed by atoms with van der Waals surface area (Å²) in [5.41, 5.74) is 0.780. The monoisotopic (exact) mass is 450 g/mol. The van der Waals surface area contributed by atoms with E-state index in [1.165, 1.54) is 24.3 Å². The quantitative estimate of drug-likeness (QED) is 0.508. The third kappa shape index (κ3) is 6.27.